The first-order valence-corrected chi connectivity index (χ1v) is 10.8. The number of amides is 1. The molecule has 1 aliphatic heterocycles. The molecule has 1 aliphatic rings. The zero-order valence-electron chi connectivity index (χ0n) is 16.4. The minimum atomic E-state index is -0.246. The Morgan fingerprint density at radius 2 is 2.03 bits per heavy atom. The Hall–Kier alpha value is -2.99. The number of benzene rings is 1. The Kier molecular flexibility index (Phi) is 4.43. The summed E-state index contributed by atoms with van der Waals surface area (Å²) in [6.07, 6.45) is 2.60. The van der Waals surface area contributed by atoms with Crippen LogP contribution in [0.3, 0.4) is 0 Å². The Morgan fingerprint density at radius 3 is 2.79 bits per heavy atom. The molecule has 3 aromatic heterocycles. The quantitative estimate of drug-likeness (QED) is 0.528. The minimum absolute atomic E-state index is 0.0342. The van der Waals surface area contributed by atoms with E-state index in [0.717, 1.165) is 28.3 Å². The van der Waals surface area contributed by atoms with Gasteiger partial charge < -0.3 is 9.88 Å². The first-order chi connectivity index (χ1) is 14.1. The molecule has 0 aliphatic carbocycles. The summed E-state index contributed by atoms with van der Waals surface area (Å²) in [6, 6.07) is 14.0. The molecule has 5 rings (SSSR count). The van der Waals surface area contributed by atoms with Gasteiger partial charge in [0.2, 0.25) is 0 Å². The van der Waals surface area contributed by atoms with Gasteiger partial charge in [-0.25, -0.2) is 4.98 Å². The van der Waals surface area contributed by atoms with Gasteiger partial charge in [0.05, 0.1) is 10.7 Å². The van der Waals surface area contributed by atoms with E-state index in [2.05, 4.69) is 47.0 Å². The molecule has 0 bridgehead atoms. The SMILES string of the molecule is CC(C)c1nc(C(=O)N2CCc3c([nH]c4ccccc34)[C@H]2c2ccccn2)cs1. The van der Waals surface area contributed by atoms with E-state index in [0.29, 0.717) is 18.2 Å². The molecule has 29 heavy (non-hydrogen) atoms. The van der Waals surface area contributed by atoms with Gasteiger partial charge in [0.25, 0.3) is 5.91 Å². The van der Waals surface area contributed by atoms with Crippen LogP contribution in [0.2, 0.25) is 0 Å². The molecule has 0 spiro atoms. The number of para-hydroxylation sites is 1. The lowest BCUT2D eigenvalue weighted by Gasteiger charge is -2.35. The van der Waals surface area contributed by atoms with Crippen LogP contribution in [-0.4, -0.2) is 32.3 Å². The number of rotatable bonds is 3. The fourth-order valence-electron chi connectivity index (χ4n) is 4.10. The topological polar surface area (TPSA) is 61.9 Å². The highest BCUT2D eigenvalue weighted by Gasteiger charge is 2.36. The molecular weight excluding hydrogens is 380 g/mol. The number of carbonyl (C=O) groups is 1. The number of H-pyrrole nitrogens is 1. The lowest BCUT2D eigenvalue weighted by Crippen LogP contribution is -2.41. The summed E-state index contributed by atoms with van der Waals surface area (Å²) < 4.78 is 0. The lowest BCUT2D eigenvalue weighted by molar-refractivity contribution is 0.0683. The van der Waals surface area contributed by atoms with Gasteiger partial charge >= 0.3 is 0 Å². The molecule has 6 heteroatoms. The van der Waals surface area contributed by atoms with Crippen LogP contribution in [0.1, 0.15) is 58.3 Å². The number of aromatic amines is 1. The van der Waals surface area contributed by atoms with Gasteiger partial charge in [-0.2, -0.15) is 0 Å². The number of aromatic nitrogens is 3. The van der Waals surface area contributed by atoms with Crippen molar-refractivity contribution >= 4 is 28.1 Å². The van der Waals surface area contributed by atoms with Gasteiger partial charge in [0.1, 0.15) is 11.7 Å². The second-order valence-corrected chi connectivity index (χ2v) is 8.58. The highest BCUT2D eigenvalue weighted by atomic mass is 32.1. The van der Waals surface area contributed by atoms with Crippen molar-refractivity contribution in [3.8, 4) is 0 Å². The van der Waals surface area contributed by atoms with Gasteiger partial charge in [-0.15, -0.1) is 11.3 Å². The highest BCUT2D eigenvalue weighted by Crippen LogP contribution is 2.38. The van der Waals surface area contributed by atoms with E-state index in [-0.39, 0.29) is 11.9 Å². The molecule has 146 valence electrons. The average molecular weight is 403 g/mol. The molecule has 1 aromatic carbocycles. The fourth-order valence-corrected chi connectivity index (χ4v) is 4.91. The number of nitrogens with one attached hydrogen (secondary N) is 1. The number of thiazole rings is 1. The lowest BCUT2D eigenvalue weighted by atomic mass is 9.94. The summed E-state index contributed by atoms with van der Waals surface area (Å²) in [4.78, 5) is 28.2. The minimum Gasteiger partial charge on any atom is -0.356 e. The Bertz CT molecular complexity index is 1180. The zero-order valence-corrected chi connectivity index (χ0v) is 17.2. The molecule has 0 fully saturated rings. The van der Waals surface area contributed by atoms with Crippen molar-refractivity contribution in [2.75, 3.05) is 6.54 Å². The van der Waals surface area contributed by atoms with Crippen molar-refractivity contribution < 1.29 is 4.79 Å². The van der Waals surface area contributed by atoms with E-state index in [4.69, 9.17) is 0 Å². The van der Waals surface area contributed by atoms with E-state index >= 15 is 0 Å². The van der Waals surface area contributed by atoms with Gasteiger partial charge in [0.15, 0.2) is 0 Å². The van der Waals surface area contributed by atoms with Crippen LogP contribution in [0.5, 0.6) is 0 Å². The molecule has 1 N–H and O–H groups in total. The molecule has 4 aromatic rings. The van der Waals surface area contributed by atoms with Crippen LogP contribution in [0.25, 0.3) is 10.9 Å². The van der Waals surface area contributed by atoms with E-state index in [1.807, 2.05) is 34.5 Å². The molecule has 0 radical (unpaired) electrons. The summed E-state index contributed by atoms with van der Waals surface area (Å²) in [5, 5.41) is 4.10. The summed E-state index contributed by atoms with van der Waals surface area (Å²) >= 11 is 1.55. The van der Waals surface area contributed by atoms with Crippen molar-refractivity contribution in [3.05, 3.63) is 81.7 Å². The van der Waals surface area contributed by atoms with Crippen molar-refractivity contribution in [3.63, 3.8) is 0 Å². The van der Waals surface area contributed by atoms with Crippen LogP contribution >= 0.6 is 11.3 Å². The second kappa shape index (κ2) is 7.12. The maximum absolute atomic E-state index is 13.5. The first kappa shape index (κ1) is 18.1. The third-order valence-electron chi connectivity index (χ3n) is 5.50. The van der Waals surface area contributed by atoms with Crippen LogP contribution in [0.4, 0.5) is 0 Å². The predicted octanol–water partition coefficient (Wildman–Crippen LogP) is 4.93. The number of carbonyl (C=O) groups excluding carboxylic acids is 1. The molecule has 1 amide bonds. The van der Waals surface area contributed by atoms with Crippen LogP contribution in [-0.2, 0) is 6.42 Å². The monoisotopic (exact) mass is 402 g/mol. The maximum atomic E-state index is 13.5. The van der Waals surface area contributed by atoms with Crippen LogP contribution in [0, 0.1) is 0 Å². The van der Waals surface area contributed by atoms with E-state index < -0.39 is 0 Å². The standard InChI is InChI=1S/C23H22N4OS/c1-14(2)22-26-19(13-29-22)23(28)27-12-10-16-15-7-3-4-8-17(15)25-20(16)21(27)18-9-5-6-11-24-18/h3-9,11,13-14,21,25H,10,12H2,1-2H3/t21-/m1/s1. The molecule has 1 atom stereocenters. The van der Waals surface area contributed by atoms with Crippen molar-refractivity contribution in [1.82, 2.24) is 19.9 Å². The summed E-state index contributed by atoms with van der Waals surface area (Å²) in [5.74, 6) is 0.280. The Morgan fingerprint density at radius 1 is 1.21 bits per heavy atom. The van der Waals surface area contributed by atoms with Gasteiger partial charge in [-0.05, 0) is 30.2 Å². The van der Waals surface area contributed by atoms with E-state index in [9.17, 15) is 4.79 Å². The number of pyridine rings is 1. The second-order valence-electron chi connectivity index (χ2n) is 7.69. The number of hydrogen-bond donors (Lipinski definition) is 1. The average Bonchev–Trinajstić information content (AvgIpc) is 3.38. The Labute approximate surface area is 173 Å². The van der Waals surface area contributed by atoms with Gasteiger partial charge in [-0.1, -0.05) is 38.1 Å². The van der Waals surface area contributed by atoms with Crippen molar-refractivity contribution in [1.29, 1.82) is 0 Å². The van der Waals surface area contributed by atoms with Crippen molar-refractivity contribution in [2.45, 2.75) is 32.2 Å². The predicted molar refractivity (Wildman–Crippen MR) is 115 cm³/mol. The molecule has 4 heterocycles. The van der Waals surface area contributed by atoms with Gasteiger partial charge in [0, 0.05) is 40.6 Å². The summed E-state index contributed by atoms with van der Waals surface area (Å²) in [5.41, 5.74) is 4.83. The molecule has 0 unspecified atom stereocenters. The highest BCUT2D eigenvalue weighted by molar-refractivity contribution is 7.09. The number of hydrogen-bond acceptors (Lipinski definition) is 4. The molecule has 0 saturated carbocycles. The number of fused-ring (bicyclic) bond motifs is 3. The maximum Gasteiger partial charge on any atom is 0.274 e. The summed E-state index contributed by atoms with van der Waals surface area (Å²) in [7, 11) is 0. The van der Waals surface area contributed by atoms with E-state index in [1.54, 1.807) is 17.5 Å². The van der Waals surface area contributed by atoms with E-state index in [1.165, 1.54) is 10.9 Å². The van der Waals surface area contributed by atoms with Crippen LogP contribution < -0.4 is 0 Å². The largest absolute Gasteiger partial charge is 0.356 e. The number of nitrogens with zero attached hydrogens (tertiary/aromatic N) is 3. The first-order valence-electron chi connectivity index (χ1n) is 9.90. The zero-order chi connectivity index (χ0) is 20.0. The third-order valence-corrected chi connectivity index (χ3v) is 6.64. The molecule has 5 nitrogen and oxygen atoms in total. The fraction of sp³-hybridized carbons (Fsp3) is 0.261. The molecule has 0 saturated heterocycles. The third kappa shape index (κ3) is 3.04. The van der Waals surface area contributed by atoms with Gasteiger partial charge in [-0.3, -0.25) is 9.78 Å². The Balaban J connectivity index is 1.62. The van der Waals surface area contributed by atoms with Crippen molar-refractivity contribution in [2.24, 2.45) is 0 Å². The van der Waals surface area contributed by atoms with Crippen LogP contribution in [0.15, 0.2) is 54.0 Å². The molecular formula is C23H22N4OS. The summed E-state index contributed by atoms with van der Waals surface area (Å²) in [6.45, 7) is 4.84. The smallest absolute Gasteiger partial charge is 0.274 e. The normalized spacial score (nSPS) is 16.4.